The van der Waals surface area contributed by atoms with Gasteiger partial charge in [0, 0.05) is 11.6 Å². The van der Waals surface area contributed by atoms with E-state index in [1.807, 2.05) is 86.5 Å². The van der Waals surface area contributed by atoms with Gasteiger partial charge in [0.15, 0.2) is 0 Å². The summed E-state index contributed by atoms with van der Waals surface area (Å²) < 4.78 is 5.58. The normalized spacial score (nSPS) is 12.3. The summed E-state index contributed by atoms with van der Waals surface area (Å²) >= 11 is 0. The maximum Gasteiger partial charge on any atom is 0.248 e. The van der Waals surface area contributed by atoms with Crippen molar-refractivity contribution in [3.63, 3.8) is 0 Å². The van der Waals surface area contributed by atoms with Crippen molar-refractivity contribution in [1.29, 1.82) is 0 Å². The molecule has 0 aliphatic rings. The minimum atomic E-state index is -0.311. The minimum absolute atomic E-state index is 0.0452. The van der Waals surface area contributed by atoms with Crippen molar-refractivity contribution >= 4 is 5.91 Å². The maximum atomic E-state index is 12.2. The fourth-order valence-electron chi connectivity index (χ4n) is 2.96. The monoisotopic (exact) mass is 364 g/mol. The Morgan fingerprint density at radius 1 is 1.07 bits per heavy atom. The lowest BCUT2D eigenvalue weighted by Gasteiger charge is -2.25. The summed E-state index contributed by atoms with van der Waals surface area (Å²) in [7, 11) is 1.88. The molecular formula is C21H24N4O2. The molecule has 140 valence electrons. The van der Waals surface area contributed by atoms with E-state index in [2.05, 4.69) is 15.5 Å². The van der Waals surface area contributed by atoms with Gasteiger partial charge in [-0.15, -0.1) is 0 Å². The summed E-state index contributed by atoms with van der Waals surface area (Å²) in [5, 5.41) is 7.04. The second-order valence-corrected chi connectivity index (χ2v) is 6.77. The van der Waals surface area contributed by atoms with Gasteiger partial charge in [0.2, 0.25) is 17.6 Å². The Hall–Kier alpha value is -2.99. The molecule has 1 unspecified atom stereocenters. The molecule has 1 N–H and O–H groups in total. The standard InChI is InChI=1S/C21H24N4O2/c1-15(2)22-18(26)14-25(3)19(16-10-6-4-7-11-16)21-23-20(24-27-21)17-12-8-5-9-13-17/h4-13,15,19H,14H2,1-3H3,(H,22,26). The number of carbonyl (C=O) groups is 1. The van der Waals surface area contributed by atoms with Crippen molar-refractivity contribution in [2.24, 2.45) is 0 Å². The fourth-order valence-corrected chi connectivity index (χ4v) is 2.96. The molecule has 6 heteroatoms. The molecule has 27 heavy (non-hydrogen) atoms. The number of amides is 1. The van der Waals surface area contributed by atoms with Crippen LogP contribution in [0.2, 0.25) is 0 Å². The van der Waals surface area contributed by atoms with Crippen molar-refractivity contribution in [1.82, 2.24) is 20.4 Å². The molecule has 6 nitrogen and oxygen atoms in total. The molecule has 1 aromatic heterocycles. The van der Waals surface area contributed by atoms with E-state index < -0.39 is 0 Å². The molecule has 0 spiro atoms. The molecule has 0 saturated carbocycles. The van der Waals surface area contributed by atoms with E-state index >= 15 is 0 Å². The van der Waals surface area contributed by atoms with Gasteiger partial charge in [-0.3, -0.25) is 9.69 Å². The molecule has 1 atom stereocenters. The van der Waals surface area contributed by atoms with Crippen molar-refractivity contribution in [3.05, 3.63) is 72.1 Å². The van der Waals surface area contributed by atoms with Crippen LogP contribution in [-0.4, -0.2) is 40.6 Å². The highest BCUT2D eigenvalue weighted by molar-refractivity contribution is 5.78. The van der Waals surface area contributed by atoms with Gasteiger partial charge in [0.25, 0.3) is 0 Å². The Balaban J connectivity index is 1.89. The van der Waals surface area contributed by atoms with Crippen LogP contribution in [-0.2, 0) is 4.79 Å². The number of rotatable bonds is 7. The van der Waals surface area contributed by atoms with Gasteiger partial charge >= 0.3 is 0 Å². The summed E-state index contributed by atoms with van der Waals surface area (Å²) in [5.41, 5.74) is 1.88. The smallest absolute Gasteiger partial charge is 0.248 e. The molecule has 0 aliphatic carbocycles. The first kappa shape index (κ1) is 18.8. The van der Waals surface area contributed by atoms with E-state index in [4.69, 9.17) is 4.52 Å². The Bertz CT molecular complexity index is 862. The van der Waals surface area contributed by atoms with Gasteiger partial charge in [-0.25, -0.2) is 0 Å². The highest BCUT2D eigenvalue weighted by Crippen LogP contribution is 2.28. The zero-order valence-electron chi connectivity index (χ0n) is 15.8. The SMILES string of the molecule is CC(C)NC(=O)CN(C)C(c1ccccc1)c1nc(-c2ccccc2)no1. The predicted molar refractivity (Wildman–Crippen MR) is 104 cm³/mol. The lowest BCUT2D eigenvalue weighted by molar-refractivity contribution is -0.122. The van der Waals surface area contributed by atoms with Gasteiger partial charge in [-0.05, 0) is 26.5 Å². The van der Waals surface area contributed by atoms with Crippen LogP contribution in [0, 0.1) is 0 Å². The van der Waals surface area contributed by atoms with Crippen molar-refractivity contribution in [3.8, 4) is 11.4 Å². The molecule has 1 amide bonds. The molecule has 0 saturated heterocycles. The first-order valence-corrected chi connectivity index (χ1v) is 8.98. The maximum absolute atomic E-state index is 12.2. The Labute approximate surface area is 159 Å². The number of likely N-dealkylation sites (N-methyl/N-ethyl adjacent to an activating group) is 1. The summed E-state index contributed by atoms with van der Waals surface area (Å²) in [5.74, 6) is 0.947. The van der Waals surface area contributed by atoms with E-state index in [9.17, 15) is 4.79 Å². The van der Waals surface area contributed by atoms with Crippen molar-refractivity contribution in [2.75, 3.05) is 13.6 Å². The first-order chi connectivity index (χ1) is 13.0. The van der Waals surface area contributed by atoms with Crippen LogP contribution < -0.4 is 5.32 Å². The number of aromatic nitrogens is 2. The highest BCUT2D eigenvalue weighted by Gasteiger charge is 2.27. The van der Waals surface area contributed by atoms with Crippen molar-refractivity contribution in [2.45, 2.75) is 25.9 Å². The second-order valence-electron chi connectivity index (χ2n) is 6.77. The molecule has 0 bridgehead atoms. The number of carbonyl (C=O) groups excluding carboxylic acids is 1. The van der Waals surface area contributed by atoms with Crippen LogP contribution >= 0.6 is 0 Å². The van der Waals surface area contributed by atoms with Gasteiger partial charge < -0.3 is 9.84 Å². The van der Waals surface area contributed by atoms with E-state index in [0.717, 1.165) is 11.1 Å². The van der Waals surface area contributed by atoms with E-state index in [0.29, 0.717) is 11.7 Å². The second kappa shape index (κ2) is 8.60. The molecule has 3 rings (SSSR count). The molecule has 2 aromatic carbocycles. The van der Waals surface area contributed by atoms with Crippen LogP contribution in [0.15, 0.2) is 65.2 Å². The molecular weight excluding hydrogens is 340 g/mol. The third kappa shape index (κ3) is 4.80. The van der Waals surface area contributed by atoms with E-state index in [1.54, 1.807) is 0 Å². The first-order valence-electron chi connectivity index (χ1n) is 8.98. The highest BCUT2D eigenvalue weighted by atomic mass is 16.5. The number of hydrogen-bond donors (Lipinski definition) is 1. The summed E-state index contributed by atoms with van der Waals surface area (Å²) in [6, 6.07) is 19.3. The fraction of sp³-hybridized carbons (Fsp3) is 0.286. The quantitative estimate of drug-likeness (QED) is 0.697. The average molecular weight is 364 g/mol. The molecule has 1 heterocycles. The molecule has 0 aliphatic heterocycles. The topological polar surface area (TPSA) is 71.3 Å². The van der Waals surface area contributed by atoms with E-state index in [-0.39, 0.29) is 24.5 Å². The lowest BCUT2D eigenvalue weighted by Crippen LogP contribution is -2.40. The Kier molecular flexibility index (Phi) is 5.98. The van der Waals surface area contributed by atoms with Gasteiger partial charge in [-0.2, -0.15) is 4.98 Å². The lowest BCUT2D eigenvalue weighted by atomic mass is 10.1. The average Bonchev–Trinajstić information content (AvgIpc) is 3.12. The zero-order chi connectivity index (χ0) is 19.2. The van der Waals surface area contributed by atoms with Gasteiger partial charge in [-0.1, -0.05) is 65.8 Å². The number of benzene rings is 2. The Morgan fingerprint density at radius 2 is 1.70 bits per heavy atom. The van der Waals surface area contributed by atoms with Crippen LogP contribution in [0.5, 0.6) is 0 Å². The van der Waals surface area contributed by atoms with Gasteiger partial charge in [0.1, 0.15) is 6.04 Å². The number of nitrogens with one attached hydrogen (secondary N) is 1. The third-order valence-electron chi connectivity index (χ3n) is 4.11. The van der Waals surface area contributed by atoms with Crippen LogP contribution in [0.25, 0.3) is 11.4 Å². The van der Waals surface area contributed by atoms with Crippen LogP contribution in [0.1, 0.15) is 31.3 Å². The summed E-state index contributed by atoms with van der Waals surface area (Å²) in [6.07, 6.45) is 0. The number of hydrogen-bond acceptors (Lipinski definition) is 5. The van der Waals surface area contributed by atoms with Gasteiger partial charge in [0.05, 0.1) is 6.54 Å². The van der Waals surface area contributed by atoms with E-state index in [1.165, 1.54) is 0 Å². The summed E-state index contributed by atoms with van der Waals surface area (Å²) in [4.78, 5) is 18.7. The van der Waals surface area contributed by atoms with Crippen molar-refractivity contribution < 1.29 is 9.32 Å². The molecule has 3 aromatic rings. The number of nitrogens with zero attached hydrogens (tertiary/aromatic N) is 3. The molecule has 0 fully saturated rings. The molecule has 0 radical (unpaired) electrons. The zero-order valence-corrected chi connectivity index (χ0v) is 15.8. The Morgan fingerprint density at radius 3 is 2.33 bits per heavy atom. The largest absolute Gasteiger partial charge is 0.353 e. The predicted octanol–water partition coefficient (Wildman–Crippen LogP) is 3.28. The van der Waals surface area contributed by atoms with Crippen LogP contribution in [0.4, 0.5) is 0 Å². The van der Waals surface area contributed by atoms with Crippen LogP contribution in [0.3, 0.4) is 0 Å². The third-order valence-corrected chi connectivity index (χ3v) is 4.11. The summed E-state index contributed by atoms with van der Waals surface area (Å²) in [6.45, 7) is 4.11. The minimum Gasteiger partial charge on any atom is -0.353 e.